The van der Waals surface area contributed by atoms with E-state index in [1.165, 1.54) is 19.3 Å². The number of carbonyl (C=O) groups excluding carboxylic acids is 2. The Balaban J connectivity index is 3.77. The smallest absolute Gasteiger partial charge is 0.407 e. The number of unbranched alkanes of at least 4 members (excludes halogenated alkanes) is 3. The van der Waals surface area contributed by atoms with Gasteiger partial charge in [0.15, 0.2) is 0 Å². The fourth-order valence-corrected chi connectivity index (χ4v) is 2.13. The summed E-state index contributed by atoms with van der Waals surface area (Å²) in [6.07, 6.45) is 7.01. The number of amides is 1. The Morgan fingerprint density at radius 1 is 1.04 bits per heavy atom. The second-order valence-electron chi connectivity index (χ2n) is 6.90. The van der Waals surface area contributed by atoms with Gasteiger partial charge in [-0.2, -0.15) is 0 Å². The Hall–Kier alpha value is -1.26. The number of rotatable bonds is 11. The monoisotopic (exact) mass is 329 g/mol. The third-order valence-electron chi connectivity index (χ3n) is 3.36. The van der Waals surface area contributed by atoms with Gasteiger partial charge in [0.05, 0.1) is 0 Å². The van der Waals surface area contributed by atoms with E-state index in [1.54, 1.807) is 0 Å². The van der Waals surface area contributed by atoms with Gasteiger partial charge in [-0.05, 0) is 46.5 Å². The molecular formula is C18H35NO4. The van der Waals surface area contributed by atoms with Gasteiger partial charge in [0, 0.05) is 13.0 Å². The van der Waals surface area contributed by atoms with Crippen molar-refractivity contribution in [1.82, 2.24) is 5.32 Å². The van der Waals surface area contributed by atoms with Crippen LogP contribution in [0.2, 0.25) is 0 Å². The van der Waals surface area contributed by atoms with Crippen LogP contribution in [0.5, 0.6) is 0 Å². The average molecular weight is 329 g/mol. The summed E-state index contributed by atoms with van der Waals surface area (Å²) in [6, 6.07) is 0. The van der Waals surface area contributed by atoms with E-state index in [0.29, 0.717) is 19.4 Å². The third-order valence-corrected chi connectivity index (χ3v) is 3.36. The number of esters is 1. The van der Waals surface area contributed by atoms with Gasteiger partial charge < -0.3 is 14.8 Å². The Morgan fingerprint density at radius 2 is 1.74 bits per heavy atom. The normalized spacial score (nSPS) is 12.6. The van der Waals surface area contributed by atoms with Gasteiger partial charge in [-0.25, -0.2) is 4.79 Å². The van der Waals surface area contributed by atoms with Crippen molar-refractivity contribution in [3.63, 3.8) is 0 Å². The predicted molar refractivity (Wildman–Crippen MR) is 92.4 cm³/mol. The van der Waals surface area contributed by atoms with E-state index in [1.807, 2.05) is 27.7 Å². The lowest BCUT2D eigenvalue weighted by molar-refractivity contribution is -0.149. The maximum absolute atomic E-state index is 11.8. The average Bonchev–Trinajstić information content (AvgIpc) is 2.45. The molecule has 0 bridgehead atoms. The van der Waals surface area contributed by atoms with Gasteiger partial charge in [0.2, 0.25) is 0 Å². The molecule has 0 heterocycles. The first-order valence-electron chi connectivity index (χ1n) is 8.94. The molecule has 5 nitrogen and oxygen atoms in total. The molecule has 1 unspecified atom stereocenters. The van der Waals surface area contributed by atoms with Crippen molar-refractivity contribution in [2.24, 2.45) is 0 Å². The second-order valence-corrected chi connectivity index (χ2v) is 6.90. The molecule has 136 valence electrons. The standard InChI is InChI=1S/C18H35NO4/c1-6-8-9-10-12-15(7-2)22-16(20)13-11-14-19-17(21)23-18(3,4)5/h15H,6-14H2,1-5H3,(H,19,21). The predicted octanol–water partition coefficient (Wildman–Crippen LogP) is 4.58. The first-order valence-corrected chi connectivity index (χ1v) is 8.94. The highest BCUT2D eigenvalue weighted by Gasteiger charge is 2.16. The molecule has 0 saturated heterocycles. The summed E-state index contributed by atoms with van der Waals surface area (Å²) in [6.45, 7) is 10.1. The summed E-state index contributed by atoms with van der Waals surface area (Å²) in [7, 11) is 0. The Labute approximate surface area is 141 Å². The van der Waals surface area contributed by atoms with Crippen LogP contribution in [-0.2, 0) is 14.3 Å². The summed E-state index contributed by atoms with van der Waals surface area (Å²) >= 11 is 0. The molecule has 1 amide bonds. The summed E-state index contributed by atoms with van der Waals surface area (Å²) in [4.78, 5) is 23.3. The van der Waals surface area contributed by atoms with Crippen LogP contribution in [0.25, 0.3) is 0 Å². The van der Waals surface area contributed by atoms with Crippen molar-refractivity contribution in [3.8, 4) is 0 Å². The molecule has 1 N–H and O–H groups in total. The minimum absolute atomic E-state index is 0.0261. The Bertz CT molecular complexity index is 336. The van der Waals surface area contributed by atoms with Crippen molar-refractivity contribution >= 4 is 12.1 Å². The largest absolute Gasteiger partial charge is 0.462 e. The van der Waals surface area contributed by atoms with Gasteiger partial charge in [0.25, 0.3) is 0 Å². The molecule has 1 atom stereocenters. The van der Waals surface area contributed by atoms with Crippen LogP contribution >= 0.6 is 0 Å². The van der Waals surface area contributed by atoms with E-state index < -0.39 is 11.7 Å². The number of alkyl carbamates (subject to hydrolysis) is 1. The van der Waals surface area contributed by atoms with Gasteiger partial charge in [0.1, 0.15) is 11.7 Å². The first kappa shape index (κ1) is 21.7. The van der Waals surface area contributed by atoms with Crippen LogP contribution in [0, 0.1) is 0 Å². The van der Waals surface area contributed by atoms with Gasteiger partial charge in [-0.1, -0.05) is 33.1 Å². The maximum atomic E-state index is 11.8. The summed E-state index contributed by atoms with van der Waals surface area (Å²) < 4.78 is 10.6. The molecule has 0 aliphatic carbocycles. The van der Waals surface area contributed by atoms with Gasteiger partial charge in [-0.3, -0.25) is 4.79 Å². The second kappa shape index (κ2) is 12.2. The zero-order chi connectivity index (χ0) is 17.7. The summed E-state index contributed by atoms with van der Waals surface area (Å²) in [5, 5.41) is 2.64. The summed E-state index contributed by atoms with van der Waals surface area (Å²) in [5.41, 5.74) is -0.505. The zero-order valence-corrected chi connectivity index (χ0v) is 15.6. The molecule has 0 spiro atoms. The maximum Gasteiger partial charge on any atom is 0.407 e. The van der Waals surface area contributed by atoms with E-state index in [2.05, 4.69) is 12.2 Å². The molecular weight excluding hydrogens is 294 g/mol. The fourth-order valence-electron chi connectivity index (χ4n) is 2.13. The SMILES string of the molecule is CCCCCCC(CC)OC(=O)CCCNC(=O)OC(C)(C)C. The fraction of sp³-hybridized carbons (Fsp3) is 0.889. The molecule has 0 aliphatic rings. The van der Waals surface area contributed by atoms with Crippen molar-refractivity contribution in [2.75, 3.05) is 6.54 Å². The molecule has 0 rings (SSSR count). The molecule has 0 aliphatic heterocycles. The molecule has 0 aromatic heterocycles. The lowest BCUT2D eigenvalue weighted by atomic mass is 10.1. The van der Waals surface area contributed by atoms with Crippen molar-refractivity contribution in [1.29, 1.82) is 0 Å². The highest BCUT2D eigenvalue weighted by molar-refractivity contribution is 5.70. The van der Waals surface area contributed by atoms with Crippen LogP contribution in [0.15, 0.2) is 0 Å². The Kier molecular flexibility index (Phi) is 11.5. The quantitative estimate of drug-likeness (QED) is 0.445. The number of nitrogens with one attached hydrogen (secondary N) is 1. The molecule has 0 fully saturated rings. The van der Waals surface area contributed by atoms with Gasteiger partial charge in [-0.15, -0.1) is 0 Å². The van der Waals surface area contributed by atoms with Crippen LogP contribution in [0.3, 0.4) is 0 Å². The van der Waals surface area contributed by atoms with E-state index in [0.717, 1.165) is 19.3 Å². The van der Waals surface area contributed by atoms with E-state index >= 15 is 0 Å². The summed E-state index contributed by atoms with van der Waals surface area (Å²) in [5.74, 6) is -0.182. The number of hydrogen-bond acceptors (Lipinski definition) is 4. The molecule has 0 radical (unpaired) electrons. The number of ether oxygens (including phenoxy) is 2. The number of carbonyl (C=O) groups is 2. The molecule has 5 heteroatoms. The topological polar surface area (TPSA) is 64.6 Å². The van der Waals surface area contributed by atoms with Crippen LogP contribution < -0.4 is 5.32 Å². The van der Waals surface area contributed by atoms with Crippen molar-refractivity contribution in [2.45, 2.75) is 97.7 Å². The molecule has 0 aromatic carbocycles. The van der Waals surface area contributed by atoms with Crippen molar-refractivity contribution < 1.29 is 19.1 Å². The van der Waals surface area contributed by atoms with E-state index in [4.69, 9.17) is 9.47 Å². The highest BCUT2D eigenvalue weighted by Crippen LogP contribution is 2.12. The minimum Gasteiger partial charge on any atom is -0.462 e. The van der Waals surface area contributed by atoms with Crippen LogP contribution in [-0.4, -0.2) is 30.3 Å². The third kappa shape index (κ3) is 14.1. The molecule has 23 heavy (non-hydrogen) atoms. The molecule has 0 aromatic rings. The Morgan fingerprint density at radius 3 is 2.30 bits per heavy atom. The lowest BCUT2D eigenvalue weighted by Gasteiger charge is -2.19. The molecule has 0 saturated carbocycles. The highest BCUT2D eigenvalue weighted by atomic mass is 16.6. The van der Waals surface area contributed by atoms with Crippen LogP contribution in [0.4, 0.5) is 4.79 Å². The van der Waals surface area contributed by atoms with E-state index in [9.17, 15) is 9.59 Å². The lowest BCUT2D eigenvalue weighted by Crippen LogP contribution is -2.33. The number of hydrogen-bond donors (Lipinski definition) is 1. The van der Waals surface area contributed by atoms with Crippen molar-refractivity contribution in [3.05, 3.63) is 0 Å². The van der Waals surface area contributed by atoms with Crippen LogP contribution in [0.1, 0.15) is 86.0 Å². The minimum atomic E-state index is -0.505. The zero-order valence-electron chi connectivity index (χ0n) is 15.6. The van der Waals surface area contributed by atoms with Gasteiger partial charge >= 0.3 is 12.1 Å². The van der Waals surface area contributed by atoms with E-state index in [-0.39, 0.29) is 12.1 Å². The first-order chi connectivity index (χ1) is 10.8.